The van der Waals surface area contributed by atoms with E-state index in [1.165, 1.54) is 0 Å². The van der Waals surface area contributed by atoms with E-state index in [1.807, 2.05) is 26.0 Å². The number of H-pyrrole nitrogens is 1. The highest BCUT2D eigenvalue weighted by Crippen LogP contribution is 2.31. The molecule has 0 unspecified atom stereocenters. The highest BCUT2D eigenvalue weighted by Gasteiger charge is 2.35. The molecule has 3 N–H and O–H groups in total. The van der Waals surface area contributed by atoms with Crippen LogP contribution < -0.4 is 10.9 Å². The van der Waals surface area contributed by atoms with Crippen molar-refractivity contribution in [3.63, 3.8) is 0 Å². The third kappa shape index (κ3) is 4.19. The molecule has 0 spiro atoms. The third-order valence-corrected chi connectivity index (χ3v) is 5.04. The molecule has 0 aromatic carbocycles. The number of aliphatic hydroxyl groups is 1. The van der Waals surface area contributed by atoms with Crippen LogP contribution in [0.1, 0.15) is 54.2 Å². The molecule has 2 aromatic heterocycles. The van der Waals surface area contributed by atoms with E-state index in [0.29, 0.717) is 19.3 Å². The number of aliphatic hydroxyl groups excluding tert-OH is 1. The van der Waals surface area contributed by atoms with Crippen molar-refractivity contribution in [2.24, 2.45) is 5.92 Å². The first-order valence-electron chi connectivity index (χ1n) is 9.05. The topological polar surface area (TPSA) is 95.1 Å². The fourth-order valence-corrected chi connectivity index (χ4v) is 3.32. The Morgan fingerprint density at radius 3 is 2.54 bits per heavy atom. The molecule has 2 aromatic rings. The summed E-state index contributed by atoms with van der Waals surface area (Å²) in [6.07, 6.45) is 5.12. The largest absolute Gasteiger partial charge is 0.393 e. The molecule has 138 valence electrons. The second-order valence-electron chi connectivity index (χ2n) is 7.34. The Kier molecular flexibility index (Phi) is 5.52. The van der Waals surface area contributed by atoms with Gasteiger partial charge in [0, 0.05) is 24.1 Å². The van der Waals surface area contributed by atoms with Gasteiger partial charge in [0.1, 0.15) is 5.56 Å². The molecule has 6 nitrogen and oxygen atoms in total. The molecule has 0 aliphatic heterocycles. The van der Waals surface area contributed by atoms with Crippen molar-refractivity contribution in [3.8, 4) is 0 Å². The zero-order chi connectivity index (χ0) is 18.7. The summed E-state index contributed by atoms with van der Waals surface area (Å²) in [6, 6.07) is 7.07. The van der Waals surface area contributed by atoms with E-state index in [9.17, 15) is 14.7 Å². The maximum absolute atomic E-state index is 12.7. The number of hydrogen-bond donors (Lipinski definition) is 3. The van der Waals surface area contributed by atoms with Crippen LogP contribution in [0.3, 0.4) is 0 Å². The number of aromatic amines is 1. The summed E-state index contributed by atoms with van der Waals surface area (Å²) >= 11 is 0. The Morgan fingerprint density at radius 1 is 1.27 bits per heavy atom. The lowest BCUT2D eigenvalue weighted by Gasteiger charge is -2.38. The molecule has 6 heteroatoms. The van der Waals surface area contributed by atoms with E-state index in [0.717, 1.165) is 11.3 Å². The van der Waals surface area contributed by atoms with Crippen LogP contribution in [0, 0.1) is 5.92 Å². The normalized spacial score (nSPS) is 20.5. The number of rotatable bonds is 6. The average Bonchev–Trinajstić information content (AvgIpc) is 2.59. The molecule has 1 amide bonds. The highest BCUT2D eigenvalue weighted by atomic mass is 16.3. The molecule has 1 saturated carbocycles. The van der Waals surface area contributed by atoms with Crippen LogP contribution in [0.15, 0.2) is 41.5 Å². The number of carbonyl (C=O) groups is 1. The Balaban J connectivity index is 1.76. The summed E-state index contributed by atoms with van der Waals surface area (Å²) in [5.74, 6) is 0.0221. The van der Waals surface area contributed by atoms with Crippen LogP contribution in [-0.4, -0.2) is 33.1 Å². The molecule has 1 aliphatic rings. The van der Waals surface area contributed by atoms with Gasteiger partial charge in [-0.25, -0.2) is 0 Å². The molecule has 1 aliphatic carbocycles. The Hall–Kier alpha value is -2.47. The molecule has 1 fully saturated rings. The van der Waals surface area contributed by atoms with Crippen molar-refractivity contribution in [1.29, 1.82) is 0 Å². The first-order valence-corrected chi connectivity index (χ1v) is 9.05. The van der Waals surface area contributed by atoms with Crippen molar-refractivity contribution in [1.82, 2.24) is 15.3 Å². The molecule has 3 rings (SSSR count). The van der Waals surface area contributed by atoms with Crippen LogP contribution >= 0.6 is 0 Å². The summed E-state index contributed by atoms with van der Waals surface area (Å²) in [6.45, 7) is 3.97. The van der Waals surface area contributed by atoms with Crippen molar-refractivity contribution in [2.75, 3.05) is 0 Å². The summed E-state index contributed by atoms with van der Waals surface area (Å²) < 4.78 is 0. The van der Waals surface area contributed by atoms with Gasteiger partial charge >= 0.3 is 0 Å². The van der Waals surface area contributed by atoms with Gasteiger partial charge in [-0.15, -0.1) is 0 Å². The van der Waals surface area contributed by atoms with Crippen LogP contribution in [0.4, 0.5) is 0 Å². The van der Waals surface area contributed by atoms with Gasteiger partial charge in [-0.1, -0.05) is 13.8 Å². The van der Waals surface area contributed by atoms with E-state index in [1.54, 1.807) is 24.5 Å². The number of hydrogen-bond acceptors (Lipinski definition) is 4. The van der Waals surface area contributed by atoms with Crippen molar-refractivity contribution in [2.45, 2.75) is 51.2 Å². The first-order chi connectivity index (χ1) is 12.4. The van der Waals surface area contributed by atoms with Crippen molar-refractivity contribution >= 4 is 5.91 Å². The highest BCUT2D eigenvalue weighted by molar-refractivity contribution is 5.94. The van der Waals surface area contributed by atoms with Crippen LogP contribution in [0.2, 0.25) is 0 Å². The second kappa shape index (κ2) is 7.83. The molecule has 1 atom stereocenters. The predicted octanol–water partition coefficient (Wildman–Crippen LogP) is 2.01. The molecular weight excluding hydrogens is 330 g/mol. The number of carbonyl (C=O) groups excluding carboxylic acids is 1. The summed E-state index contributed by atoms with van der Waals surface area (Å²) in [5, 5.41) is 12.6. The number of nitrogens with zero attached hydrogens (tertiary/aromatic N) is 1. The number of aromatic nitrogens is 2. The van der Waals surface area contributed by atoms with Crippen molar-refractivity contribution < 1.29 is 9.90 Å². The summed E-state index contributed by atoms with van der Waals surface area (Å²) in [5.41, 5.74) is 1.62. The fourth-order valence-electron chi connectivity index (χ4n) is 3.32. The van der Waals surface area contributed by atoms with E-state index in [-0.39, 0.29) is 41.0 Å². The minimum atomic E-state index is -0.373. The smallest absolute Gasteiger partial charge is 0.261 e. The number of pyridine rings is 2. The third-order valence-electron chi connectivity index (χ3n) is 5.04. The van der Waals surface area contributed by atoms with Gasteiger partial charge in [-0.05, 0) is 60.9 Å². The average molecular weight is 355 g/mol. The SMILES string of the molecule is CC(C)c1ccc(C(=O)N[C@@H](Cc2ccncc2)C2CC(O)C2)c(=O)[nH]1. The van der Waals surface area contributed by atoms with Gasteiger partial charge in [-0.3, -0.25) is 14.6 Å². The molecule has 0 radical (unpaired) electrons. The molecule has 2 heterocycles. The first kappa shape index (κ1) is 18.3. The lowest BCUT2D eigenvalue weighted by Crippen LogP contribution is -2.49. The number of amides is 1. The van der Waals surface area contributed by atoms with Crippen molar-refractivity contribution in [3.05, 3.63) is 63.8 Å². The monoisotopic (exact) mass is 355 g/mol. The zero-order valence-corrected chi connectivity index (χ0v) is 15.1. The van der Waals surface area contributed by atoms with Gasteiger partial charge in [0.05, 0.1) is 6.10 Å². The Bertz CT molecular complexity index is 811. The number of nitrogens with one attached hydrogen (secondary N) is 2. The molecule has 0 saturated heterocycles. The zero-order valence-electron chi connectivity index (χ0n) is 15.1. The summed E-state index contributed by atoms with van der Waals surface area (Å²) in [4.78, 5) is 31.7. The lowest BCUT2D eigenvalue weighted by molar-refractivity contribution is 0.0239. The van der Waals surface area contributed by atoms with Gasteiger partial charge in [0.25, 0.3) is 11.5 Å². The van der Waals surface area contributed by atoms with E-state index >= 15 is 0 Å². The van der Waals surface area contributed by atoms with Gasteiger partial charge < -0.3 is 15.4 Å². The standard InChI is InChI=1S/C20H25N3O3/c1-12(2)17-4-3-16(19(25)22-17)20(26)23-18(14-10-15(24)11-14)9-13-5-7-21-8-6-13/h3-8,12,14-15,18,24H,9-11H2,1-2H3,(H,22,25)(H,23,26)/t14?,15?,18-/m0/s1. The van der Waals surface area contributed by atoms with E-state index < -0.39 is 0 Å². The van der Waals surface area contributed by atoms with Crippen LogP contribution in [-0.2, 0) is 6.42 Å². The Morgan fingerprint density at radius 2 is 1.96 bits per heavy atom. The maximum atomic E-state index is 12.7. The second-order valence-corrected chi connectivity index (χ2v) is 7.34. The maximum Gasteiger partial charge on any atom is 0.261 e. The predicted molar refractivity (Wildman–Crippen MR) is 99.1 cm³/mol. The minimum absolute atomic E-state index is 0.119. The molecule has 26 heavy (non-hydrogen) atoms. The Labute approximate surface area is 152 Å². The van der Waals surface area contributed by atoms with Gasteiger partial charge in [0.15, 0.2) is 0 Å². The van der Waals surface area contributed by atoms with Crippen LogP contribution in [0.25, 0.3) is 0 Å². The quantitative estimate of drug-likeness (QED) is 0.739. The van der Waals surface area contributed by atoms with Gasteiger partial charge in [-0.2, -0.15) is 0 Å². The van der Waals surface area contributed by atoms with E-state index in [2.05, 4.69) is 15.3 Å². The summed E-state index contributed by atoms with van der Waals surface area (Å²) in [7, 11) is 0. The van der Waals surface area contributed by atoms with Crippen LogP contribution in [0.5, 0.6) is 0 Å². The molecular formula is C20H25N3O3. The fraction of sp³-hybridized carbons (Fsp3) is 0.450. The van der Waals surface area contributed by atoms with Gasteiger partial charge in [0.2, 0.25) is 0 Å². The molecule has 0 bridgehead atoms. The minimum Gasteiger partial charge on any atom is -0.393 e. The van der Waals surface area contributed by atoms with E-state index in [4.69, 9.17) is 0 Å². The lowest BCUT2D eigenvalue weighted by atomic mass is 9.75.